The van der Waals surface area contributed by atoms with E-state index in [0.29, 0.717) is 6.04 Å². The molecule has 3 heteroatoms. The number of benzene rings is 2. The van der Waals surface area contributed by atoms with E-state index >= 15 is 0 Å². The van der Waals surface area contributed by atoms with Crippen molar-refractivity contribution in [2.24, 2.45) is 0 Å². The van der Waals surface area contributed by atoms with Crippen molar-refractivity contribution in [1.29, 1.82) is 0 Å². The second-order valence-electron chi connectivity index (χ2n) is 5.83. The fourth-order valence-corrected chi connectivity index (χ4v) is 3.41. The minimum absolute atomic E-state index is 0.233. The molecule has 2 N–H and O–H groups in total. The van der Waals surface area contributed by atoms with Crippen LogP contribution >= 0.6 is 0 Å². The molecule has 0 spiro atoms. The molecule has 1 atom stereocenters. The van der Waals surface area contributed by atoms with Gasteiger partial charge in [0.15, 0.2) is 0 Å². The van der Waals surface area contributed by atoms with Gasteiger partial charge in [-0.25, -0.2) is 0 Å². The zero-order valence-electron chi connectivity index (χ0n) is 12.7. The summed E-state index contributed by atoms with van der Waals surface area (Å²) in [5.74, 6) is 0. The second kappa shape index (κ2) is 6.56. The predicted octanol–water partition coefficient (Wildman–Crippen LogP) is 2.48. The number of aliphatic hydroxyl groups is 1. The van der Waals surface area contributed by atoms with Crippen molar-refractivity contribution < 1.29 is 5.11 Å². The zero-order chi connectivity index (χ0) is 14.7. The Bertz CT molecular complexity index is 605. The molecule has 1 saturated heterocycles. The van der Waals surface area contributed by atoms with Crippen LogP contribution in [0.4, 0.5) is 0 Å². The zero-order valence-corrected chi connectivity index (χ0v) is 12.7. The number of hydrogen-bond acceptors (Lipinski definition) is 3. The molecule has 0 aromatic heterocycles. The molecule has 1 heterocycles. The maximum Gasteiger partial charge on any atom is 0.0449 e. The second-order valence-corrected chi connectivity index (χ2v) is 5.83. The Kier molecular flexibility index (Phi) is 4.54. The van der Waals surface area contributed by atoms with Gasteiger partial charge in [-0.2, -0.15) is 0 Å². The van der Waals surface area contributed by atoms with Gasteiger partial charge < -0.3 is 10.4 Å². The van der Waals surface area contributed by atoms with Crippen LogP contribution in [0.2, 0.25) is 0 Å². The fraction of sp³-hybridized carbons (Fsp3) is 0.444. The molecule has 112 valence electrons. The standard InChI is InChI=1S/C18H24N2O/c1-14-6-7-17(16-5-3-2-4-15(14)16)18(8-13-21)20-11-9-19-10-12-20/h2-7,18-19,21H,8-13H2,1H3/t18-/m0/s1. The molecule has 0 radical (unpaired) electrons. The molecular weight excluding hydrogens is 260 g/mol. The lowest BCUT2D eigenvalue weighted by atomic mass is 9.93. The summed E-state index contributed by atoms with van der Waals surface area (Å²) in [5.41, 5.74) is 2.67. The van der Waals surface area contributed by atoms with Crippen LogP contribution in [0.3, 0.4) is 0 Å². The molecule has 0 aliphatic carbocycles. The lowest BCUT2D eigenvalue weighted by molar-refractivity contribution is 0.142. The third-order valence-corrected chi connectivity index (χ3v) is 4.53. The number of piperazine rings is 1. The number of aliphatic hydroxyl groups excluding tert-OH is 1. The van der Waals surface area contributed by atoms with Crippen LogP contribution in [0.1, 0.15) is 23.6 Å². The first kappa shape index (κ1) is 14.5. The van der Waals surface area contributed by atoms with Crippen LogP contribution in [-0.2, 0) is 0 Å². The molecule has 2 aromatic carbocycles. The lowest BCUT2D eigenvalue weighted by Crippen LogP contribution is -2.45. The minimum Gasteiger partial charge on any atom is -0.396 e. The highest BCUT2D eigenvalue weighted by atomic mass is 16.3. The average Bonchev–Trinajstić information content (AvgIpc) is 2.55. The van der Waals surface area contributed by atoms with E-state index in [9.17, 15) is 5.11 Å². The van der Waals surface area contributed by atoms with E-state index in [1.807, 2.05) is 0 Å². The van der Waals surface area contributed by atoms with Gasteiger partial charge in [0.1, 0.15) is 0 Å². The van der Waals surface area contributed by atoms with Gasteiger partial charge >= 0.3 is 0 Å². The quantitative estimate of drug-likeness (QED) is 0.905. The van der Waals surface area contributed by atoms with E-state index in [0.717, 1.165) is 32.6 Å². The summed E-state index contributed by atoms with van der Waals surface area (Å²) in [7, 11) is 0. The van der Waals surface area contributed by atoms with Crippen LogP contribution in [0.25, 0.3) is 10.8 Å². The summed E-state index contributed by atoms with van der Waals surface area (Å²) in [4.78, 5) is 2.50. The van der Waals surface area contributed by atoms with Gasteiger partial charge in [-0.15, -0.1) is 0 Å². The Morgan fingerprint density at radius 1 is 1.10 bits per heavy atom. The monoisotopic (exact) mass is 284 g/mol. The van der Waals surface area contributed by atoms with Crippen LogP contribution in [0, 0.1) is 6.92 Å². The van der Waals surface area contributed by atoms with Crippen molar-refractivity contribution >= 4 is 10.8 Å². The van der Waals surface area contributed by atoms with Gasteiger partial charge in [-0.3, -0.25) is 4.90 Å². The Labute approximate surface area is 126 Å². The van der Waals surface area contributed by atoms with Gasteiger partial charge in [-0.05, 0) is 35.2 Å². The van der Waals surface area contributed by atoms with Gasteiger partial charge in [0.25, 0.3) is 0 Å². The van der Waals surface area contributed by atoms with E-state index in [-0.39, 0.29) is 6.61 Å². The number of nitrogens with one attached hydrogen (secondary N) is 1. The average molecular weight is 284 g/mol. The molecule has 1 fully saturated rings. The van der Waals surface area contributed by atoms with Crippen LogP contribution in [0.15, 0.2) is 36.4 Å². The Hall–Kier alpha value is -1.42. The molecular formula is C18H24N2O. The van der Waals surface area contributed by atoms with Crippen LogP contribution in [-0.4, -0.2) is 42.8 Å². The maximum absolute atomic E-state index is 9.51. The molecule has 1 aliphatic rings. The largest absolute Gasteiger partial charge is 0.396 e. The SMILES string of the molecule is Cc1ccc([C@H](CCO)N2CCNCC2)c2ccccc12. The minimum atomic E-state index is 0.233. The number of rotatable bonds is 4. The van der Waals surface area contributed by atoms with Gasteiger partial charge in [0.2, 0.25) is 0 Å². The predicted molar refractivity (Wildman–Crippen MR) is 87.6 cm³/mol. The number of hydrogen-bond donors (Lipinski definition) is 2. The van der Waals surface area contributed by atoms with E-state index in [1.165, 1.54) is 21.9 Å². The molecule has 1 aliphatic heterocycles. The maximum atomic E-state index is 9.51. The first-order chi connectivity index (χ1) is 10.3. The summed E-state index contributed by atoms with van der Waals surface area (Å²) in [6.45, 7) is 6.56. The first-order valence-corrected chi connectivity index (χ1v) is 7.85. The van der Waals surface area contributed by atoms with Crippen molar-refractivity contribution in [3.8, 4) is 0 Å². The van der Waals surface area contributed by atoms with Crippen LogP contribution in [0.5, 0.6) is 0 Å². The molecule has 0 bridgehead atoms. The van der Waals surface area contributed by atoms with Crippen molar-refractivity contribution in [1.82, 2.24) is 10.2 Å². The van der Waals surface area contributed by atoms with Gasteiger partial charge in [0.05, 0.1) is 0 Å². The van der Waals surface area contributed by atoms with E-state index in [4.69, 9.17) is 0 Å². The normalized spacial score (nSPS) is 18.0. The topological polar surface area (TPSA) is 35.5 Å². The molecule has 3 rings (SSSR count). The summed E-state index contributed by atoms with van der Waals surface area (Å²) >= 11 is 0. The van der Waals surface area contributed by atoms with Crippen molar-refractivity contribution in [3.63, 3.8) is 0 Å². The molecule has 3 nitrogen and oxygen atoms in total. The summed E-state index contributed by atoms with van der Waals surface area (Å²) in [6.07, 6.45) is 0.799. The number of fused-ring (bicyclic) bond motifs is 1. The molecule has 0 unspecified atom stereocenters. The van der Waals surface area contributed by atoms with Gasteiger partial charge in [-0.1, -0.05) is 36.4 Å². The van der Waals surface area contributed by atoms with E-state index in [2.05, 4.69) is 53.5 Å². The van der Waals surface area contributed by atoms with Gasteiger partial charge in [0, 0.05) is 38.8 Å². The van der Waals surface area contributed by atoms with E-state index < -0.39 is 0 Å². The molecule has 0 saturated carbocycles. The van der Waals surface area contributed by atoms with Crippen molar-refractivity contribution in [2.45, 2.75) is 19.4 Å². The smallest absolute Gasteiger partial charge is 0.0449 e. The Morgan fingerprint density at radius 3 is 2.52 bits per heavy atom. The summed E-state index contributed by atoms with van der Waals surface area (Å²) < 4.78 is 0. The molecule has 0 amide bonds. The van der Waals surface area contributed by atoms with Crippen molar-refractivity contribution in [2.75, 3.05) is 32.8 Å². The Morgan fingerprint density at radius 2 is 1.81 bits per heavy atom. The Balaban J connectivity index is 2.04. The molecule has 21 heavy (non-hydrogen) atoms. The highest BCUT2D eigenvalue weighted by Gasteiger charge is 2.23. The fourth-order valence-electron chi connectivity index (χ4n) is 3.41. The third kappa shape index (κ3) is 2.95. The molecule has 2 aromatic rings. The first-order valence-electron chi connectivity index (χ1n) is 7.85. The van der Waals surface area contributed by atoms with Crippen molar-refractivity contribution in [3.05, 3.63) is 47.5 Å². The number of aryl methyl sites for hydroxylation is 1. The number of nitrogens with zero attached hydrogens (tertiary/aromatic N) is 1. The lowest BCUT2D eigenvalue weighted by Gasteiger charge is -2.35. The van der Waals surface area contributed by atoms with Crippen LogP contribution < -0.4 is 5.32 Å². The highest BCUT2D eigenvalue weighted by Crippen LogP contribution is 2.32. The van der Waals surface area contributed by atoms with E-state index in [1.54, 1.807) is 0 Å². The summed E-state index contributed by atoms with van der Waals surface area (Å²) in [6, 6.07) is 13.4. The highest BCUT2D eigenvalue weighted by molar-refractivity contribution is 5.88. The third-order valence-electron chi connectivity index (χ3n) is 4.53. The summed E-state index contributed by atoms with van der Waals surface area (Å²) in [5, 5.41) is 15.6.